The Labute approximate surface area is 145 Å². The highest BCUT2D eigenvalue weighted by Gasteiger charge is 2.20. The number of rotatable bonds is 4. The van der Waals surface area contributed by atoms with E-state index in [9.17, 15) is 4.79 Å². The molecule has 4 rings (SSSR count). The Hall–Kier alpha value is -2.96. The smallest absolute Gasteiger partial charge is 0.256 e. The van der Waals surface area contributed by atoms with Crippen LogP contribution in [0.15, 0.2) is 42.9 Å². The molecule has 0 atom stereocenters. The molecule has 2 N–H and O–H groups in total. The predicted molar refractivity (Wildman–Crippen MR) is 94.8 cm³/mol. The zero-order chi connectivity index (χ0) is 17.1. The van der Waals surface area contributed by atoms with Gasteiger partial charge in [0.05, 0.1) is 6.20 Å². The molecule has 7 nitrogen and oxygen atoms in total. The first-order valence-electron chi connectivity index (χ1n) is 8.63. The van der Waals surface area contributed by atoms with Gasteiger partial charge in [0.25, 0.3) is 5.91 Å². The Kier molecular flexibility index (Phi) is 4.28. The van der Waals surface area contributed by atoms with Crippen molar-refractivity contribution in [2.75, 3.05) is 5.32 Å². The maximum absolute atomic E-state index is 12.6. The molecule has 1 aliphatic rings. The van der Waals surface area contributed by atoms with Crippen LogP contribution < -0.4 is 10.6 Å². The lowest BCUT2D eigenvalue weighted by Gasteiger charge is -2.22. The molecule has 1 aliphatic carbocycles. The second-order valence-electron chi connectivity index (χ2n) is 6.29. The number of aromatic nitrogens is 4. The Bertz CT molecular complexity index is 870. The fourth-order valence-electron chi connectivity index (χ4n) is 3.18. The summed E-state index contributed by atoms with van der Waals surface area (Å²) in [6.45, 7) is 0. The molecule has 0 aliphatic heterocycles. The molecule has 0 bridgehead atoms. The number of carbonyl (C=O) groups is 1. The van der Waals surface area contributed by atoms with Gasteiger partial charge in [0.2, 0.25) is 0 Å². The van der Waals surface area contributed by atoms with Crippen LogP contribution >= 0.6 is 0 Å². The maximum atomic E-state index is 12.6. The summed E-state index contributed by atoms with van der Waals surface area (Å²) in [6, 6.07) is 7.67. The van der Waals surface area contributed by atoms with Crippen LogP contribution in [0.2, 0.25) is 0 Å². The first-order valence-corrected chi connectivity index (χ1v) is 8.63. The summed E-state index contributed by atoms with van der Waals surface area (Å²) < 4.78 is 1.61. The zero-order valence-corrected chi connectivity index (χ0v) is 13.9. The third kappa shape index (κ3) is 3.45. The van der Waals surface area contributed by atoms with Crippen molar-refractivity contribution in [3.8, 4) is 0 Å². The molecule has 0 unspecified atom stereocenters. The van der Waals surface area contributed by atoms with Crippen molar-refractivity contribution in [2.24, 2.45) is 0 Å². The van der Waals surface area contributed by atoms with E-state index in [4.69, 9.17) is 0 Å². The standard InChI is InChI=1S/C18H20N6O/c25-18(21-13-6-2-1-3-7-13)14-12-20-24-11-9-16(23-17(14)24)22-15-8-4-5-10-19-15/h4-5,8-13H,1-3,6-7H2,(H,21,25)(H,19,22,23). The lowest BCUT2D eigenvalue weighted by atomic mass is 9.95. The van der Waals surface area contributed by atoms with E-state index in [1.54, 1.807) is 29.2 Å². The van der Waals surface area contributed by atoms with Crippen molar-refractivity contribution in [3.63, 3.8) is 0 Å². The zero-order valence-electron chi connectivity index (χ0n) is 13.9. The molecule has 0 radical (unpaired) electrons. The monoisotopic (exact) mass is 336 g/mol. The molecule has 0 saturated heterocycles. The maximum Gasteiger partial charge on any atom is 0.256 e. The van der Waals surface area contributed by atoms with Gasteiger partial charge >= 0.3 is 0 Å². The summed E-state index contributed by atoms with van der Waals surface area (Å²) in [6.07, 6.45) is 10.8. The minimum atomic E-state index is -0.107. The van der Waals surface area contributed by atoms with Crippen molar-refractivity contribution in [1.82, 2.24) is 24.9 Å². The SMILES string of the molecule is O=C(NC1CCCCC1)c1cnn2ccc(Nc3ccccn3)nc12. The second kappa shape index (κ2) is 6.88. The topological polar surface area (TPSA) is 84.2 Å². The molecule has 25 heavy (non-hydrogen) atoms. The van der Waals surface area contributed by atoms with Gasteiger partial charge < -0.3 is 10.6 Å². The average molecular weight is 336 g/mol. The van der Waals surface area contributed by atoms with Crippen molar-refractivity contribution < 1.29 is 4.79 Å². The van der Waals surface area contributed by atoms with E-state index >= 15 is 0 Å². The molecule has 0 spiro atoms. The number of fused-ring (bicyclic) bond motifs is 1. The minimum Gasteiger partial charge on any atom is -0.349 e. The number of hydrogen-bond donors (Lipinski definition) is 2. The first-order chi connectivity index (χ1) is 12.3. The molecule has 3 aromatic rings. The third-order valence-electron chi connectivity index (χ3n) is 4.48. The van der Waals surface area contributed by atoms with Gasteiger partial charge in [-0.25, -0.2) is 14.5 Å². The van der Waals surface area contributed by atoms with Crippen LogP contribution in [0.4, 0.5) is 11.6 Å². The Morgan fingerprint density at radius 2 is 2.00 bits per heavy atom. The van der Waals surface area contributed by atoms with Crippen LogP contribution in [0.1, 0.15) is 42.5 Å². The van der Waals surface area contributed by atoms with Crippen molar-refractivity contribution in [2.45, 2.75) is 38.1 Å². The summed E-state index contributed by atoms with van der Waals surface area (Å²) in [7, 11) is 0. The molecule has 128 valence electrons. The van der Waals surface area contributed by atoms with Crippen molar-refractivity contribution in [1.29, 1.82) is 0 Å². The average Bonchev–Trinajstić information content (AvgIpc) is 3.07. The van der Waals surface area contributed by atoms with Gasteiger partial charge in [0.1, 0.15) is 17.2 Å². The number of nitrogens with zero attached hydrogens (tertiary/aromatic N) is 4. The summed E-state index contributed by atoms with van der Waals surface area (Å²) >= 11 is 0. The molecule has 1 amide bonds. The van der Waals surface area contributed by atoms with Gasteiger partial charge in [-0.2, -0.15) is 5.10 Å². The molecule has 0 aromatic carbocycles. The number of pyridine rings is 1. The van der Waals surface area contributed by atoms with Crippen LogP contribution in [-0.4, -0.2) is 31.5 Å². The van der Waals surface area contributed by atoms with Gasteiger partial charge in [-0.15, -0.1) is 0 Å². The summed E-state index contributed by atoms with van der Waals surface area (Å²) in [4.78, 5) is 21.4. The molecular formula is C18H20N6O. The first kappa shape index (κ1) is 15.6. The van der Waals surface area contributed by atoms with Crippen LogP contribution in [0.25, 0.3) is 5.65 Å². The molecule has 3 heterocycles. The fourth-order valence-corrected chi connectivity index (χ4v) is 3.18. The van der Waals surface area contributed by atoms with E-state index in [0.29, 0.717) is 22.8 Å². The number of anilines is 2. The Balaban J connectivity index is 1.56. The minimum absolute atomic E-state index is 0.107. The summed E-state index contributed by atoms with van der Waals surface area (Å²) in [5.41, 5.74) is 1.03. The van der Waals surface area contributed by atoms with E-state index < -0.39 is 0 Å². The number of carbonyl (C=O) groups excluding carboxylic acids is 1. The summed E-state index contributed by atoms with van der Waals surface area (Å²) in [5.74, 6) is 1.22. The van der Waals surface area contributed by atoms with Crippen LogP contribution in [0.5, 0.6) is 0 Å². The molecule has 3 aromatic heterocycles. The molecular weight excluding hydrogens is 316 g/mol. The second-order valence-corrected chi connectivity index (χ2v) is 6.29. The van der Waals surface area contributed by atoms with E-state index in [2.05, 4.69) is 25.7 Å². The number of amides is 1. The Morgan fingerprint density at radius 1 is 1.12 bits per heavy atom. The number of hydrogen-bond acceptors (Lipinski definition) is 5. The summed E-state index contributed by atoms with van der Waals surface area (Å²) in [5, 5.41) is 10.5. The van der Waals surface area contributed by atoms with Crippen molar-refractivity contribution >= 4 is 23.2 Å². The van der Waals surface area contributed by atoms with Crippen LogP contribution in [0, 0.1) is 0 Å². The highest BCUT2D eigenvalue weighted by Crippen LogP contribution is 2.19. The predicted octanol–water partition coefficient (Wildman–Crippen LogP) is 2.93. The van der Waals surface area contributed by atoms with E-state index in [1.807, 2.05) is 18.2 Å². The molecule has 1 fully saturated rings. The van der Waals surface area contributed by atoms with Gasteiger partial charge in [-0.1, -0.05) is 25.3 Å². The van der Waals surface area contributed by atoms with Gasteiger partial charge in [0, 0.05) is 18.4 Å². The van der Waals surface area contributed by atoms with E-state index in [1.165, 1.54) is 19.3 Å². The Morgan fingerprint density at radius 3 is 2.80 bits per heavy atom. The van der Waals surface area contributed by atoms with Crippen LogP contribution in [-0.2, 0) is 0 Å². The third-order valence-corrected chi connectivity index (χ3v) is 4.48. The van der Waals surface area contributed by atoms with E-state index in [0.717, 1.165) is 12.8 Å². The lowest BCUT2D eigenvalue weighted by molar-refractivity contribution is 0.0929. The highest BCUT2D eigenvalue weighted by atomic mass is 16.1. The lowest BCUT2D eigenvalue weighted by Crippen LogP contribution is -2.36. The quantitative estimate of drug-likeness (QED) is 0.765. The fraction of sp³-hybridized carbons (Fsp3) is 0.333. The van der Waals surface area contributed by atoms with Crippen LogP contribution in [0.3, 0.4) is 0 Å². The highest BCUT2D eigenvalue weighted by molar-refractivity contribution is 5.99. The molecule has 1 saturated carbocycles. The van der Waals surface area contributed by atoms with E-state index in [-0.39, 0.29) is 11.9 Å². The molecule has 7 heteroatoms. The van der Waals surface area contributed by atoms with Gasteiger partial charge in [-0.3, -0.25) is 4.79 Å². The van der Waals surface area contributed by atoms with Gasteiger partial charge in [0.15, 0.2) is 5.65 Å². The largest absolute Gasteiger partial charge is 0.349 e. The van der Waals surface area contributed by atoms with Gasteiger partial charge in [-0.05, 0) is 31.0 Å². The van der Waals surface area contributed by atoms with Crippen molar-refractivity contribution in [3.05, 3.63) is 48.4 Å². The number of nitrogens with one attached hydrogen (secondary N) is 2. The normalized spacial score (nSPS) is 15.2.